The Morgan fingerprint density at radius 3 is 3.07 bits per heavy atom. The summed E-state index contributed by atoms with van der Waals surface area (Å²) in [6.07, 6.45) is 6.06. The summed E-state index contributed by atoms with van der Waals surface area (Å²) in [7, 11) is 0. The van der Waals surface area contributed by atoms with Gasteiger partial charge < -0.3 is 15.6 Å². The number of amides is 1. The summed E-state index contributed by atoms with van der Waals surface area (Å²) >= 11 is 0. The fourth-order valence-electron chi connectivity index (χ4n) is 1.28. The molecule has 0 aromatic carbocycles. The molecule has 1 atom stereocenters. The lowest BCUT2D eigenvalue weighted by Crippen LogP contribution is -2.32. The van der Waals surface area contributed by atoms with Gasteiger partial charge in [0.1, 0.15) is 0 Å². The predicted molar refractivity (Wildman–Crippen MR) is 58.1 cm³/mol. The van der Waals surface area contributed by atoms with E-state index < -0.39 is 0 Å². The average molecular weight is 210 g/mol. The second-order valence-corrected chi connectivity index (χ2v) is 3.57. The fraction of sp³-hybridized carbons (Fsp3) is 0.600. The highest BCUT2D eigenvalue weighted by Gasteiger charge is 2.10. The third kappa shape index (κ3) is 4.12. The highest BCUT2D eigenvalue weighted by Crippen LogP contribution is 1.99. The van der Waals surface area contributed by atoms with E-state index in [9.17, 15) is 4.79 Å². The molecule has 0 aliphatic heterocycles. The third-order valence-electron chi connectivity index (χ3n) is 2.28. The van der Waals surface area contributed by atoms with Gasteiger partial charge in [-0.3, -0.25) is 4.79 Å². The number of imidazole rings is 1. The molecule has 15 heavy (non-hydrogen) atoms. The van der Waals surface area contributed by atoms with Gasteiger partial charge in [-0.25, -0.2) is 4.98 Å². The van der Waals surface area contributed by atoms with Crippen molar-refractivity contribution in [3.8, 4) is 0 Å². The van der Waals surface area contributed by atoms with Gasteiger partial charge in [-0.05, 0) is 13.0 Å². The monoisotopic (exact) mass is 210 g/mol. The minimum absolute atomic E-state index is 0.00205. The molecule has 0 saturated heterocycles. The van der Waals surface area contributed by atoms with E-state index in [2.05, 4.69) is 10.3 Å². The van der Waals surface area contributed by atoms with Crippen LogP contribution in [0.3, 0.4) is 0 Å². The van der Waals surface area contributed by atoms with Gasteiger partial charge in [0.15, 0.2) is 0 Å². The van der Waals surface area contributed by atoms with Gasteiger partial charge in [0, 0.05) is 31.4 Å². The Morgan fingerprint density at radius 1 is 1.67 bits per heavy atom. The number of nitrogens with zero attached hydrogens (tertiary/aromatic N) is 2. The largest absolute Gasteiger partial charge is 0.354 e. The quantitative estimate of drug-likeness (QED) is 0.693. The van der Waals surface area contributed by atoms with Crippen LogP contribution in [-0.2, 0) is 11.3 Å². The van der Waals surface area contributed by atoms with Crippen LogP contribution >= 0.6 is 0 Å². The second kappa shape index (κ2) is 6.19. The lowest BCUT2D eigenvalue weighted by Gasteiger charge is -2.10. The summed E-state index contributed by atoms with van der Waals surface area (Å²) in [4.78, 5) is 15.4. The van der Waals surface area contributed by atoms with Crippen molar-refractivity contribution in [2.75, 3.05) is 13.1 Å². The van der Waals surface area contributed by atoms with Crippen LogP contribution in [0.15, 0.2) is 18.7 Å². The zero-order chi connectivity index (χ0) is 11.1. The van der Waals surface area contributed by atoms with Gasteiger partial charge >= 0.3 is 0 Å². The lowest BCUT2D eigenvalue weighted by molar-refractivity contribution is -0.124. The zero-order valence-electron chi connectivity index (χ0n) is 9.02. The molecule has 0 aliphatic rings. The summed E-state index contributed by atoms with van der Waals surface area (Å²) in [6.45, 7) is 3.82. The molecule has 3 N–H and O–H groups in total. The van der Waals surface area contributed by atoms with Gasteiger partial charge in [-0.2, -0.15) is 0 Å². The van der Waals surface area contributed by atoms with Gasteiger partial charge in [-0.1, -0.05) is 6.92 Å². The van der Waals surface area contributed by atoms with E-state index in [0.717, 1.165) is 13.0 Å². The topological polar surface area (TPSA) is 72.9 Å². The van der Waals surface area contributed by atoms with E-state index in [1.165, 1.54) is 0 Å². The Morgan fingerprint density at radius 2 is 2.47 bits per heavy atom. The number of rotatable bonds is 6. The van der Waals surface area contributed by atoms with Gasteiger partial charge in [0.25, 0.3) is 0 Å². The first-order valence-electron chi connectivity index (χ1n) is 5.17. The summed E-state index contributed by atoms with van der Waals surface area (Å²) in [5, 5.41) is 2.86. The van der Waals surface area contributed by atoms with Crippen LogP contribution in [0, 0.1) is 5.92 Å². The molecule has 0 fully saturated rings. The van der Waals surface area contributed by atoms with E-state index in [0.29, 0.717) is 13.1 Å². The van der Waals surface area contributed by atoms with Crippen LogP contribution in [0.4, 0.5) is 0 Å². The molecule has 1 rings (SSSR count). The third-order valence-corrected chi connectivity index (χ3v) is 2.28. The average Bonchev–Trinajstić information content (AvgIpc) is 2.71. The molecule has 84 valence electrons. The first-order chi connectivity index (χ1) is 7.24. The van der Waals surface area contributed by atoms with Gasteiger partial charge in [0.2, 0.25) is 5.91 Å². The molecular weight excluding hydrogens is 192 g/mol. The summed E-state index contributed by atoms with van der Waals surface area (Å²) in [6, 6.07) is 0. The SMILES string of the molecule is CC(CCN)C(=O)NCCn1ccnc1. The Bertz CT molecular complexity index is 284. The van der Waals surface area contributed by atoms with E-state index in [-0.39, 0.29) is 11.8 Å². The Balaban J connectivity index is 2.17. The minimum Gasteiger partial charge on any atom is -0.354 e. The molecule has 1 aromatic rings. The number of nitrogens with two attached hydrogens (primary N) is 1. The first kappa shape index (κ1) is 11.7. The minimum atomic E-state index is -0.00205. The fourth-order valence-corrected chi connectivity index (χ4v) is 1.28. The van der Waals surface area contributed by atoms with Crippen LogP contribution in [0.1, 0.15) is 13.3 Å². The molecule has 1 aromatic heterocycles. The van der Waals surface area contributed by atoms with Crippen LogP contribution in [0.2, 0.25) is 0 Å². The standard InChI is InChI=1S/C10H18N4O/c1-9(2-3-11)10(15)13-5-7-14-6-4-12-8-14/h4,6,8-9H,2-3,5,7,11H2,1H3,(H,13,15). The van der Waals surface area contributed by atoms with Gasteiger partial charge in [-0.15, -0.1) is 0 Å². The number of carbonyl (C=O) groups excluding carboxylic acids is 1. The number of aromatic nitrogens is 2. The highest BCUT2D eigenvalue weighted by atomic mass is 16.1. The summed E-state index contributed by atoms with van der Waals surface area (Å²) in [5.74, 6) is 0.0679. The van der Waals surface area contributed by atoms with Crippen LogP contribution < -0.4 is 11.1 Å². The van der Waals surface area contributed by atoms with Crippen molar-refractivity contribution in [2.24, 2.45) is 11.7 Å². The normalized spacial score (nSPS) is 12.4. The smallest absolute Gasteiger partial charge is 0.222 e. The van der Waals surface area contributed by atoms with E-state index in [1.807, 2.05) is 17.7 Å². The maximum Gasteiger partial charge on any atom is 0.222 e. The van der Waals surface area contributed by atoms with Crippen molar-refractivity contribution < 1.29 is 4.79 Å². The molecule has 1 amide bonds. The van der Waals surface area contributed by atoms with Crippen LogP contribution in [-0.4, -0.2) is 28.5 Å². The van der Waals surface area contributed by atoms with Crippen LogP contribution in [0.5, 0.6) is 0 Å². The van der Waals surface area contributed by atoms with E-state index in [4.69, 9.17) is 5.73 Å². The molecule has 5 heteroatoms. The molecule has 0 radical (unpaired) electrons. The van der Waals surface area contributed by atoms with Crippen molar-refractivity contribution in [3.63, 3.8) is 0 Å². The molecule has 0 spiro atoms. The van der Waals surface area contributed by atoms with Crippen molar-refractivity contribution in [1.29, 1.82) is 0 Å². The Hall–Kier alpha value is -1.36. The molecule has 0 aliphatic carbocycles. The van der Waals surface area contributed by atoms with Crippen molar-refractivity contribution in [1.82, 2.24) is 14.9 Å². The Labute approximate surface area is 89.7 Å². The molecule has 1 unspecified atom stereocenters. The molecular formula is C10H18N4O. The van der Waals surface area contributed by atoms with Crippen LogP contribution in [0.25, 0.3) is 0 Å². The summed E-state index contributed by atoms with van der Waals surface area (Å²) < 4.78 is 1.92. The van der Waals surface area contributed by atoms with E-state index in [1.54, 1.807) is 12.5 Å². The molecule has 0 saturated carbocycles. The maximum atomic E-state index is 11.5. The van der Waals surface area contributed by atoms with E-state index >= 15 is 0 Å². The summed E-state index contributed by atoms with van der Waals surface area (Å²) in [5.41, 5.74) is 5.38. The number of carbonyl (C=O) groups is 1. The number of hydrogen-bond acceptors (Lipinski definition) is 3. The Kier molecular flexibility index (Phi) is 4.83. The van der Waals surface area contributed by atoms with Gasteiger partial charge in [0.05, 0.1) is 6.33 Å². The predicted octanol–water partition coefficient (Wildman–Crippen LogP) is -0.0158. The first-order valence-corrected chi connectivity index (χ1v) is 5.17. The van der Waals surface area contributed by atoms with Crippen molar-refractivity contribution in [3.05, 3.63) is 18.7 Å². The molecule has 1 heterocycles. The highest BCUT2D eigenvalue weighted by molar-refractivity contribution is 5.78. The zero-order valence-corrected chi connectivity index (χ0v) is 9.02. The maximum absolute atomic E-state index is 11.5. The number of nitrogens with one attached hydrogen (secondary N) is 1. The van der Waals surface area contributed by atoms with Crippen molar-refractivity contribution >= 4 is 5.91 Å². The second-order valence-electron chi connectivity index (χ2n) is 3.57. The molecule has 0 bridgehead atoms. The van der Waals surface area contributed by atoms with Crippen molar-refractivity contribution in [2.45, 2.75) is 19.9 Å². The number of hydrogen-bond donors (Lipinski definition) is 2. The lowest BCUT2D eigenvalue weighted by atomic mass is 10.1. The molecule has 5 nitrogen and oxygen atoms in total.